The van der Waals surface area contributed by atoms with Crippen LogP contribution >= 0.6 is 11.6 Å². The number of rotatable bonds is 0. The van der Waals surface area contributed by atoms with Crippen molar-refractivity contribution in [1.82, 2.24) is 19.9 Å². The number of halogens is 1. The smallest absolute Gasteiger partial charge is 0.117 e. The number of nitrogens with zero attached hydrogens (tertiary/aromatic N) is 3. The molecule has 0 aliphatic carbocycles. The lowest BCUT2D eigenvalue weighted by Crippen LogP contribution is -1.84. The van der Waals surface area contributed by atoms with Crippen LogP contribution in [0.2, 0.25) is 5.15 Å². The van der Waals surface area contributed by atoms with Crippen molar-refractivity contribution in [3.05, 3.63) is 29.9 Å². The highest BCUT2D eigenvalue weighted by Crippen LogP contribution is 2.24. The fourth-order valence-electron chi connectivity index (χ4n) is 1.49. The summed E-state index contributed by atoms with van der Waals surface area (Å²) in [4.78, 5) is 15.3. The van der Waals surface area contributed by atoms with Crippen LogP contribution in [0.3, 0.4) is 0 Å². The molecule has 0 saturated carbocycles. The molecule has 0 atom stereocenters. The maximum absolute atomic E-state index is 5.98. The molecule has 3 rings (SSSR count). The number of hydrogen-bond acceptors (Lipinski definition) is 3. The summed E-state index contributed by atoms with van der Waals surface area (Å²) in [5.74, 6) is 0. The molecule has 14 heavy (non-hydrogen) atoms. The van der Waals surface area contributed by atoms with Crippen LogP contribution in [0, 0.1) is 0 Å². The SMILES string of the molecule is Clc1[nH]cnc2c1ccc1ncnc12. The summed E-state index contributed by atoms with van der Waals surface area (Å²) < 4.78 is 0. The van der Waals surface area contributed by atoms with Gasteiger partial charge >= 0.3 is 0 Å². The lowest BCUT2D eigenvalue weighted by molar-refractivity contribution is 1.22. The highest BCUT2D eigenvalue weighted by Gasteiger charge is 2.06. The molecule has 2 aromatic heterocycles. The summed E-state index contributed by atoms with van der Waals surface area (Å²) in [7, 11) is 0. The van der Waals surface area contributed by atoms with Crippen LogP contribution in [0.4, 0.5) is 0 Å². The molecule has 1 N–H and O–H groups in total. The minimum atomic E-state index is 0.569. The number of aromatic amines is 1. The third-order valence-electron chi connectivity index (χ3n) is 2.13. The Kier molecular flexibility index (Phi) is 1.46. The van der Waals surface area contributed by atoms with Gasteiger partial charge in [-0.05, 0) is 12.1 Å². The minimum absolute atomic E-state index is 0.569. The average molecular weight is 205 g/mol. The van der Waals surface area contributed by atoms with Gasteiger partial charge < -0.3 is 4.98 Å². The van der Waals surface area contributed by atoms with Crippen molar-refractivity contribution in [2.75, 3.05) is 0 Å². The van der Waals surface area contributed by atoms with Crippen molar-refractivity contribution >= 4 is 33.5 Å². The Morgan fingerprint density at radius 1 is 1.07 bits per heavy atom. The van der Waals surface area contributed by atoms with Crippen LogP contribution < -0.4 is 0 Å². The van der Waals surface area contributed by atoms with E-state index in [1.54, 1.807) is 6.33 Å². The Bertz CT molecular complexity index is 616. The number of benzene rings is 1. The Morgan fingerprint density at radius 2 is 2.00 bits per heavy atom. The Morgan fingerprint density at radius 3 is 2.93 bits per heavy atom. The third-order valence-corrected chi connectivity index (χ3v) is 2.45. The summed E-state index contributed by atoms with van der Waals surface area (Å²) in [5, 5.41) is 1.43. The van der Waals surface area contributed by atoms with Crippen LogP contribution in [-0.4, -0.2) is 19.9 Å². The van der Waals surface area contributed by atoms with Gasteiger partial charge in [0.1, 0.15) is 22.5 Å². The van der Waals surface area contributed by atoms with Crippen LogP contribution in [-0.2, 0) is 0 Å². The molecule has 0 radical (unpaired) electrons. The zero-order valence-corrected chi connectivity index (χ0v) is 7.78. The highest BCUT2D eigenvalue weighted by molar-refractivity contribution is 6.34. The van der Waals surface area contributed by atoms with Gasteiger partial charge in [0.15, 0.2) is 0 Å². The van der Waals surface area contributed by atoms with Crippen molar-refractivity contribution in [3.8, 4) is 0 Å². The lowest BCUT2D eigenvalue weighted by Gasteiger charge is -1.99. The van der Waals surface area contributed by atoms with Crippen LogP contribution in [0.5, 0.6) is 0 Å². The van der Waals surface area contributed by atoms with E-state index in [0.717, 1.165) is 21.9 Å². The quantitative estimate of drug-likeness (QED) is 0.571. The van der Waals surface area contributed by atoms with Crippen molar-refractivity contribution in [3.63, 3.8) is 0 Å². The Labute approximate surface area is 84.0 Å². The van der Waals surface area contributed by atoms with Crippen LogP contribution in [0.1, 0.15) is 0 Å². The number of fused-ring (bicyclic) bond motifs is 3. The van der Waals surface area contributed by atoms with Gasteiger partial charge in [-0.2, -0.15) is 0 Å². The van der Waals surface area contributed by atoms with Gasteiger partial charge in [-0.3, -0.25) is 0 Å². The maximum atomic E-state index is 5.98. The molecule has 1 aromatic carbocycles. The van der Waals surface area contributed by atoms with E-state index in [4.69, 9.17) is 11.6 Å². The number of imidazole rings is 1. The standard InChI is InChI=1S/C9H5ClN4/c10-9-5-1-2-6-8(13-3-11-6)7(5)12-4-14-9/h1-4H,(H,12,14). The van der Waals surface area contributed by atoms with Crippen LogP contribution in [0.25, 0.3) is 21.9 Å². The topological polar surface area (TPSA) is 54.5 Å². The largest absolute Gasteiger partial charge is 0.336 e. The first-order chi connectivity index (χ1) is 6.86. The molecular formula is C9H5ClN4. The third kappa shape index (κ3) is 0.914. The number of nitrogens with one attached hydrogen (secondary N) is 1. The molecular weight excluding hydrogens is 200 g/mol. The molecule has 0 bridgehead atoms. The zero-order valence-electron chi connectivity index (χ0n) is 7.03. The maximum Gasteiger partial charge on any atom is 0.117 e. The predicted molar refractivity (Wildman–Crippen MR) is 54.2 cm³/mol. The first-order valence-electron chi connectivity index (χ1n) is 4.08. The van der Waals surface area contributed by atoms with Gasteiger partial charge in [-0.1, -0.05) is 11.6 Å². The minimum Gasteiger partial charge on any atom is -0.336 e. The molecule has 0 aliphatic rings. The lowest BCUT2D eigenvalue weighted by atomic mass is 10.2. The molecule has 0 amide bonds. The van der Waals surface area contributed by atoms with Gasteiger partial charge in [-0.25, -0.2) is 15.0 Å². The van der Waals surface area contributed by atoms with Crippen molar-refractivity contribution in [2.45, 2.75) is 0 Å². The summed E-state index contributed by atoms with van der Waals surface area (Å²) in [5.41, 5.74) is 2.41. The molecule has 0 spiro atoms. The van der Waals surface area contributed by atoms with E-state index in [0.29, 0.717) is 5.15 Å². The summed E-state index contributed by atoms with van der Waals surface area (Å²) >= 11 is 5.98. The normalized spacial score (nSPS) is 11.2. The average Bonchev–Trinajstić information content (AvgIpc) is 2.66. The fraction of sp³-hybridized carbons (Fsp3) is 0. The molecule has 2 heterocycles. The second kappa shape index (κ2) is 2.65. The zero-order chi connectivity index (χ0) is 9.54. The van der Waals surface area contributed by atoms with Crippen molar-refractivity contribution in [2.24, 2.45) is 0 Å². The number of H-pyrrole nitrogens is 1. The second-order valence-corrected chi connectivity index (χ2v) is 3.30. The molecule has 5 heteroatoms. The van der Waals surface area contributed by atoms with Crippen molar-refractivity contribution in [1.29, 1.82) is 0 Å². The van der Waals surface area contributed by atoms with E-state index in [1.165, 1.54) is 6.33 Å². The van der Waals surface area contributed by atoms with E-state index in [9.17, 15) is 0 Å². The first kappa shape index (κ1) is 7.70. The number of hydrogen-bond donors (Lipinski definition) is 1. The fourth-order valence-corrected chi connectivity index (χ4v) is 1.69. The van der Waals surface area contributed by atoms with E-state index >= 15 is 0 Å². The van der Waals surface area contributed by atoms with Crippen LogP contribution in [0.15, 0.2) is 24.8 Å². The highest BCUT2D eigenvalue weighted by atomic mass is 35.5. The number of aromatic nitrogens is 4. The molecule has 68 valence electrons. The van der Waals surface area contributed by atoms with Crippen molar-refractivity contribution < 1.29 is 0 Å². The summed E-state index contributed by atoms with van der Waals surface area (Å²) in [6, 6.07) is 3.77. The van der Waals surface area contributed by atoms with Gasteiger partial charge in [0.25, 0.3) is 0 Å². The first-order valence-corrected chi connectivity index (χ1v) is 4.46. The van der Waals surface area contributed by atoms with E-state index in [-0.39, 0.29) is 0 Å². The molecule has 0 aliphatic heterocycles. The monoisotopic (exact) mass is 204 g/mol. The van der Waals surface area contributed by atoms with E-state index in [1.807, 2.05) is 12.1 Å². The Hall–Kier alpha value is -1.68. The van der Waals surface area contributed by atoms with Gasteiger partial charge in [0.2, 0.25) is 0 Å². The molecule has 0 saturated heterocycles. The van der Waals surface area contributed by atoms with Gasteiger partial charge in [0, 0.05) is 5.39 Å². The van der Waals surface area contributed by atoms with Gasteiger partial charge in [0.05, 0.1) is 11.8 Å². The molecule has 0 fully saturated rings. The van der Waals surface area contributed by atoms with Gasteiger partial charge in [-0.15, -0.1) is 0 Å². The van der Waals surface area contributed by atoms with E-state index < -0.39 is 0 Å². The summed E-state index contributed by atoms with van der Waals surface area (Å²) in [6.07, 6.45) is 3.08. The molecule has 4 nitrogen and oxygen atoms in total. The second-order valence-electron chi connectivity index (χ2n) is 2.92. The summed E-state index contributed by atoms with van der Waals surface area (Å²) in [6.45, 7) is 0. The molecule has 0 unspecified atom stereocenters. The Balaban J connectivity index is 2.64. The predicted octanol–water partition coefficient (Wildman–Crippen LogP) is 2.16. The molecule has 3 aromatic rings. The van der Waals surface area contributed by atoms with E-state index in [2.05, 4.69) is 19.9 Å².